The van der Waals surface area contributed by atoms with Crippen LogP contribution in [-0.4, -0.2) is 19.0 Å². The molecule has 1 amide bonds. The summed E-state index contributed by atoms with van der Waals surface area (Å²) in [4.78, 5) is 13.4. The van der Waals surface area contributed by atoms with Gasteiger partial charge >= 0.3 is 0 Å². The Hall–Kier alpha value is -2.64. The zero-order valence-corrected chi connectivity index (χ0v) is 12.8. The standard InChI is InChI=1S/C18H19N3O/c1-14(21(2)13-16-6-4-3-5-7-16)18(22)20-17-10-8-15(12-19)9-11-17/h3-11,14H,13H2,1-2H3,(H,20,22)/p+1/t14-/m1/s1. The van der Waals surface area contributed by atoms with E-state index in [9.17, 15) is 4.79 Å². The smallest absolute Gasteiger partial charge is 0.282 e. The molecule has 2 aromatic carbocycles. The van der Waals surface area contributed by atoms with Crippen molar-refractivity contribution in [1.29, 1.82) is 5.26 Å². The Balaban J connectivity index is 1.94. The summed E-state index contributed by atoms with van der Waals surface area (Å²) in [6.45, 7) is 2.71. The van der Waals surface area contributed by atoms with E-state index in [1.165, 1.54) is 5.56 Å². The Morgan fingerprint density at radius 2 is 1.82 bits per heavy atom. The van der Waals surface area contributed by atoms with Gasteiger partial charge in [-0.2, -0.15) is 5.26 Å². The second kappa shape index (κ2) is 7.39. The lowest BCUT2D eigenvalue weighted by Crippen LogP contribution is -3.12. The van der Waals surface area contributed by atoms with E-state index in [4.69, 9.17) is 5.26 Å². The molecule has 2 rings (SSSR count). The molecule has 0 bridgehead atoms. The van der Waals surface area contributed by atoms with Crippen LogP contribution in [0.15, 0.2) is 54.6 Å². The first-order valence-corrected chi connectivity index (χ1v) is 7.27. The van der Waals surface area contributed by atoms with Crippen molar-refractivity contribution in [2.45, 2.75) is 19.5 Å². The van der Waals surface area contributed by atoms with Gasteiger partial charge in [0.2, 0.25) is 0 Å². The van der Waals surface area contributed by atoms with Gasteiger partial charge in [-0.15, -0.1) is 0 Å². The van der Waals surface area contributed by atoms with Crippen molar-refractivity contribution in [2.24, 2.45) is 0 Å². The molecule has 0 aromatic heterocycles. The van der Waals surface area contributed by atoms with E-state index in [1.54, 1.807) is 24.3 Å². The van der Waals surface area contributed by atoms with Crippen molar-refractivity contribution in [3.05, 3.63) is 65.7 Å². The zero-order chi connectivity index (χ0) is 15.9. The Labute approximate surface area is 131 Å². The number of hydrogen-bond donors (Lipinski definition) is 2. The maximum atomic E-state index is 12.3. The Morgan fingerprint density at radius 3 is 2.41 bits per heavy atom. The molecule has 0 aliphatic rings. The molecule has 0 aliphatic carbocycles. The molecule has 2 N–H and O–H groups in total. The van der Waals surface area contributed by atoms with E-state index < -0.39 is 0 Å². The molecular formula is C18H20N3O+. The van der Waals surface area contributed by atoms with Crippen LogP contribution in [0.25, 0.3) is 0 Å². The van der Waals surface area contributed by atoms with Gasteiger partial charge in [0.05, 0.1) is 18.7 Å². The SMILES string of the molecule is C[C@H](C(=O)Nc1ccc(C#N)cc1)[NH+](C)Cc1ccccc1. The quantitative estimate of drug-likeness (QED) is 0.880. The van der Waals surface area contributed by atoms with Gasteiger partial charge in [0.25, 0.3) is 5.91 Å². The van der Waals surface area contributed by atoms with E-state index in [0.717, 1.165) is 11.4 Å². The first kappa shape index (κ1) is 15.7. The molecule has 0 spiro atoms. The molecule has 0 saturated carbocycles. The number of quaternary nitrogens is 1. The zero-order valence-electron chi connectivity index (χ0n) is 12.8. The predicted molar refractivity (Wildman–Crippen MR) is 86.3 cm³/mol. The number of amides is 1. The summed E-state index contributed by atoms with van der Waals surface area (Å²) in [7, 11) is 2.01. The van der Waals surface area contributed by atoms with Crippen molar-refractivity contribution in [1.82, 2.24) is 0 Å². The number of hydrogen-bond acceptors (Lipinski definition) is 2. The minimum atomic E-state index is -0.171. The highest BCUT2D eigenvalue weighted by Gasteiger charge is 2.21. The maximum Gasteiger partial charge on any atom is 0.282 e. The first-order chi connectivity index (χ1) is 10.6. The van der Waals surface area contributed by atoms with Crippen molar-refractivity contribution < 1.29 is 9.69 Å². The minimum absolute atomic E-state index is 0.0295. The van der Waals surface area contributed by atoms with Crippen molar-refractivity contribution in [3.8, 4) is 6.07 Å². The van der Waals surface area contributed by atoms with Crippen LogP contribution in [0.3, 0.4) is 0 Å². The lowest BCUT2D eigenvalue weighted by Gasteiger charge is -2.21. The fourth-order valence-electron chi connectivity index (χ4n) is 2.17. The largest absolute Gasteiger partial charge is 0.324 e. The van der Waals surface area contributed by atoms with Gasteiger partial charge in [-0.25, -0.2) is 0 Å². The third-order valence-electron chi connectivity index (χ3n) is 3.74. The number of nitrogens with zero attached hydrogens (tertiary/aromatic N) is 1. The predicted octanol–water partition coefficient (Wildman–Crippen LogP) is 1.60. The Kier molecular flexibility index (Phi) is 5.29. The number of nitriles is 1. The molecule has 0 aliphatic heterocycles. The first-order valence-electron chi connectivity index (χ1n) is 7.27. The van der Waals surface area contributed by atoms with Gasteiger partial charge in [-0.3, -0.25) is 4.79 Å². The van der Waals surface area contributed by atoms with Crippen LogP contribution in [0, 0.1) is 11.3 Å². The molecule has 4 nitrogen and oxygen atoms in total. The number of rotatable bonds is 5. The number of carbonyl (C=O) groups is 1. The highest BCUT2D eigenvalue weighted by atomic mass is 16.2. The molecule has 2 aromatic rings. The molecule has 0 saturated heterocycles. The summed E-state index contributed by atoms with van der Waals surface area (Å²) < 4.78 is 0. The third-order valence-corrected chi connectivity index (χ3v) is 3.74. The molecule has 0 radical (unpaired) electrons. The van der Waals surface area contributed by atoms with Gasteiger partial charge < -0.3 is 10.2 Å². The van der Waals surface area contributed by atoms with E-state index in [1.807, 2.05) is 32.2 Å². The molecule has 0 heterocycles. The second-order valence-corrected chi connectivity index (χ2v) is 5.41. The Morgan fingerprint density at radius 1 is 1.18 bits per heavy atom. The van der Waals surface area contributed by atoms with Gasteiger partial charge in [-0.05, 0) is 31.2 Å². The highest BCUT2D eigenvalue weighted by molar-refractivity contribution is 5.93. The van der Waals surface area contributed by atoms with Crippen LogP contribution < -0.4 is 10.2 Å². The van der Waals surface area contributed by atoms with E-state index in [0.29, 0.717) is 11.3 Å². The van der Waals surface area contributed by atoms with Crippen LogP contribution >= 0.6 is 0 Å². The number of carbonyl (C=O) groups excluding carboxylic acids is 1. The fourth-order valence-corrected chi connectivity index (χ4v) is 2.17. The van der Waals surface area contributed by atoms with Gasteiger partial charge in [0, 0.05) is 11.3 Å². The van der Waals surface area contributed by atoms with E-state index in [-0.39, 0.29) is 11.9 Å². The summed E-state index contributed by atoms with van der Waals surface area (Å²) in [5.74, 6) is -0.0295. The van der Waals surface area contributed by atoms with Crippen molar-refractivity contribution >= 4 is 11.6 Å². The summed E-state index contributed by atoms with van der Waals surface area (Å²) in [6.07, 6.45) is 0. The molecule has 2 atom stereocenters. The molecule has 112 valence electrons. The summed E-state index contributed by atoms with van der Waals surface area (Å²) in [5, 5.41) is 11.7. The minimum Gasteiger partial charge on any atom is -0.324 e. The molecular weight excluding hydrogens is 274 g/mol. The summed E-state index contributed by atoms with van der Waals surface area (Å²) in [5.41, 5.74) is 2.50. The van der Waals surface area contributed by atoms with Crippen LogP contribution in [0.1, 0.15) is 18.1 Å². The van der Waals surface area contributed by atoms with E-state index >= 15 is 0 Å². The van der Waals surface area contributed by atoms with Gasteiger partial charge in [-0.1, -0.05) is 30.3 Å². The normalized spacial score (nSPS) is 13.0. The average molecular weight is 294 g/mol. The monoisotopic (exact) mass is 294 g/mol. The lowest BCUT2D eigenvalue weighted by atomic mass is 10.2. The van der Waals surface area contributed by atoms with Crippen LogP contribution in [0.2, 0.25) is 0 Å². The summed E-state index contributed by atoms with van der Waals surface area (Å²) in [6, 6.07) is 18.9. The topological polar surface area (TPSA) is 57.3 Å². The fraction of sp³-hybridized carbons (Fsp3) is 0.222. The van der Waals surface area contributed by atoms with E-state index in [2.05, 4.69) is 23.5 Å². The molecule has 4 heteroatoms. The van der Waals surface area contributed by atoms with Crippen LogP contribution in [0.5, 0.6) is 0 Å². The highest BCUT2D eigenvalue weighted by Crippen LogP contribution is 2.08. The maximum absolute atomic E-state index is 12.3. The third kappa shape index (κ3) is 4.18. The van der Waals surface area contributed by atoms with Crippen molar-refractivity contribution in [2.75, 3.05) is 12.4 Å². The van der Waals surface area contributed by atoms with Gasteiger partial charge in [0.1, 0.15) is 6.54 Å². The van der Waals surface area contributed by atoms with Crippen molar-refractivity contribution in [3.63, 3.8) is 0 Å². The lowest BCUT2D eigenvalue weighted by molar-refractivity contribution is -0.907. The molecule has 22 heavy (non-hydrogen) atoms. The van der Waals surface area contributed by atoms with Crippen LogP contribution in [0.4, 0.5) is 5.69 Å². The number of benzene rings is 2. The number of nitrogens with one attached hydrogen (secondary N) is 2. The van der Waals surface area contributed by atoms with Gasteiger partial charge in [0.15, 0.2) is 6.04 Å². The summed E-state index contributed by atoms with van der Waals surface area (Å²) >= 11 is 0. The molecule has 1 unspecified atom stereocenters. The second-order valence-electron chi connectivity index (χ2n) is 5.41. The number of likely N-dealkylation sites (N-methyl/N-ethyl adjacent to an activating group) is 1. The Bertz CT molecular complexity index is 659. The number of anilines is 1. The molecule has 0 fully saturated rings. The van der Waals surface area contributed by atoms with Crippen LogP contribution in [-0.2, 0) is 11.3 Å². The average Bonchev–Trinajstić information content (AvgIpc) is 2.55.